The topological polar surface area (TPSA) is 77.5 Å². The molecule has 2 fully saturated rings. The summed E-state index contributed by atoms with van der Waals surface area (Å²) in [5.74, 6) is 1.97. The van der Waals surface area contributed by atoms with Crippen LogP contribution in [0, 0.1) is 0 Å². The van der Waals surface area contributed by atoms with E-state index in [4.69, 9.17) is 4.74 Å². The maximum Gasteiger partial charge on any atom is 0.214 e. The van der Waals surface area contributed by atoms with Crippen LogP contribution in [-0.4, -0.2) is 89.3 Å². The minimum Gasteiger partial charge on any atom is -0.497 e. The highest BCUT2D eigenvalue weighted by atomic mass is 32.2. The summed E-state index contributed by atoms with van der Waals surface area (Å²) in [6, 6.07) is 8.11. The molecule has 9 heteroatoms. The lowest BCUT2D eigenvalue weighted by Gasteiger charge is -2.37. The minimum atomic E-state index is -3.04. The van der Waals surface area contributed by atoms with Gasteiger partial charge in [0.1, 0.15) is 5.75 Å². The zero-order chi connectivity index (χ0) is 19.3. The van der Waals surface area contributed by atoms with Crippen molar-refractivity contribution in [2.24, 2.45) is 4.99 Å². The molecule has 0 atom stereocenters. The Morgan fingerprint density at radius 1 is 1.22 bits per heavy atom. The number of hydrogen-bond acceptors (Lipinski definition) is 5. The third-order valence-corrected chi connectivity index (χ3v) is 7.01. The van der Waals surface area contributed by atoms with Crippen LogP contribution in [0.4, 0.5) is 5.69 Å². The van der Waals surface area contributed by atoms with Crippen LogP contribution in [-0.2, 0) is 10.0 Å². The SMILES string of the molecule is CN=C(NCCN1CCCS1(=O)=O)N1CCN(c2cccc(OC)c2)CC1. The van der Waals surface area contributed by atoms with Gasteiger partial charge < -0.3 is 19.9 Å². The molecule has 0 amide bonds. The molecule has 27 heavy (non-hydrogen) atoms. The van der Waals surface area contributed by atoms with Gasteiger partial charge in [0, 0.05) is 64.6 Å². The number of hydrogen-bond donors (Lipinski definition) is 1. The Hall–Kier alpha value is -2.00. The van der Waals surface area contributed by atoms with Crippen molar-refractivity contribution < 1.29 is 13.2 Å². The monoisotopic (exact) mass is 395 g/mol. The Morgan fingerprint density at radius 2 is 2.00 bits per heavy atom. The fourth-order valence-electron chi connectivity index (χ4n) is 3.55. The number of sulfonamides is 1. The average molecular weight is 396 g/mol. The van der Waals surface area contributed by atoms with Gasteiger partial charge in [0.25, 0.3) is 0 Å². The molecule has 1 aromatic carbocycles. The largest absolute Gasteiger partial charge is 0.497 e. The molecule has 0 unspecified atom stereocenters. The van der Waals surface area contributed by atoms with E-state index >= 15 is 0 Å². The zero-order valence-electron chi connectivity index (χ0n) is 16.1. The second-order valence-corrected chi connectivity index (χ2v) is 8.81. The number of methoxy groups -OCH3 is 1. The van der Waals surface area contributed by atoms with Crippen LogP contribution in [0.25, 0.3) is 0 Å². The second-order valence-electron chi connectivity index (χ2n) is 6.72. The van der Waals surface area contributed by atoms with Gasteiger partial charge in [-0.1, -0.05) is 6.07 Å². The number of nitrogens with zero attached hydrogens (tertiary/aromatic N) is 4. The third kappa shape index (κ3) is 4.84. The van der Waals surface area contributed by atoms with Crippen LogP contribution in [0.1, 0.15) is 6.42 Å². The Balaban J connectivity index is 1.48. The molecule has 0 aliphatic carbocycles. The molecule has 1 N–H and O–H groups in total. The molecule has 3 rings (SSSR count). The summed E-state index contributed by atoms with van der Waals surface area (Å²) in [5.41, 5.74) is 1.16. The van der Waals surface area contributed by atoms with E-state index in [0.29, 0.717) is 19.6 Å². The Kier molecular flexibility index (Phi) is 6.43. The summed E-state index contributed by atoms with van der Waals surface area (Å²) in [4.78, 5) is 8.92. The molecule has 0 aromatic heterocycles. The van der Waals surface area contributed by atoms with Crippen LogP contribution in [0.2, 0.25) is 0 Å². The Labute approximate surface area is 161 Å². The first-order chi connectivity index (χ1) is 13.0. The van der Waals surface area contributed by atoms with E-state index < -0.39 is 10.0 Å². The summed E-state index contributed by atoms with van der Waals surface area (Å²) in [6.07, 6.45) is 0.725. The van der Waals surface area contributed by atoms with Gasteiger partial charge in [-0.25, -0.2) is 12.7 Å². The van der Waals surface area contributed by atoms with Crippen LogP contribution < -0.4 is 15.0 Å². The molecule has 2 saturated heterocycles. The normalized spacial score (nSPS) is 20.7. The highest BCUT2D eigenvalue weighted by Crippen LogP contribution is 2.22. The van der Waals surface area contributed by atoms with E-state index in [9.17, 15) is 8.42 Å². The van der Waals surface area contributed by atoms with Gasteiger partial charge in [0.05, 0.1) is 12.9 Å². The molecule has 150 valence electrons. The number of ether oxygens (including phenoxy) is 1. The van der Waals surface area contributed by atoms with Gasteiger partial charge in [0.2, 0.25) is 10.0 Å². The van der Waals surface area contributed by atoms with E-state index in [2.05, 4.69) is 32.2 Å². The van der Waals surface area contributed by atoms with Crippen molar-refractivity contribution in [3.05, 3.63) is 24.3 Å². The molecule has 8 nitrogen and oxygen atoms in total. The van der Waals surface area contributed by atoms with Gasteiger partial charge >= 0.3 is 0 Å². The fraction of sp³-hybridized carbons (Fsp3) is 0.611. The van der Waals surface area contributed by atoms with E-state index in [1.807, 2.05) is 12.1 Å². The van der Waals surface area contributed by atoms with Crippen LogP contribution in [0.15, 0.2) is 29.3 Å². The Morgan fingerprint density at radius 3 is 2.63 bits per heavy atom. The zero-order valence-corrected chi connectivity index (χ0v) is 16.9. The number of rotatable bonds is 5. The van der Waals surface area contributed by atoms with E-state index in [-0.39, 0.29) is 5.75 Å². The van der Waals surface area contributed by atoms with E-state index in [1.54, 1.807) is 18.5 Å². The minimum absolute atomic E-state index is 0.272. The molecular formula is C18H29N5O3S. The van der Waals surface area contributed by atoms with Gasteiger partial charge in [-0.05, 0) is 18.6 Å². The van der Waals surface area contributed by atoms with Crippen molar-refractivity contribution in [2.75, 3.05) is 70.6 Å². The van der Waals surface area contributed by atoms with Gasteiger partial charge in [0.15, 0.2) is 5.96 Å². The standard InChI is InChI=1S/C18H29N5O3S/c1-19-18(20-7-9-23-8-4-14-27(23,24)25)22-12-10-21(11-13-22)16-5-3-6-17(15-16)26-2/h3,5-6,15H,4,7-14H2,1-2H3,(H,19,20). The lowest BCUT2D eigenvalue weighted by Crippen LogP contribution is -2.53. The summed E-state index contributed by atoms with van der Waals surface area (Å²) in [7, 11) is 0.411. The maximum absolute atomic E-state index is 11.9. The number of piperazine rings is 1. The third-order valence-electron chi connectivity index (χ3n) is 5.06. The van der Waals surface area contributed by atoms with Crippen molar-refractivity contribution in [2.45, 2.75) is 6.42 Å². The lowest BCUT2D eigenvalue weighted by molar-refractivity contribution is 0.368. The maximum atomic E-state index is 11.9. The number of aliphatic imine (C=N–C) groups is 1. The summed E-state index contributed by atoms with van der Waals surface area (Å²) in [5, 5.41) is 3.31. The van der Waals surface area contributed by atoms with Gasteiger partial charge in [-0.3, -0.25) is 4.99 Å². The number of nitrogens with one attached hydrogen (secondary N) is 1. The number of anilines is 1. The molecule has 1 aromatic rings. The molecule has 0 saturated carbocycles. The highest BCUT2D eigenvalue weighted by molar-refractivity contribution is 7.89. The van der Waals surface area contributed by atoms with Crippen molar-refractivity contribution in [1.82, 2.24) is 14.5 Å². The molecule has 0 bridgehead atoms. The molecular weight excluding hydrogens is 366 g/mol. The quantitative estimate of drug-likeness (QED) is 0.575. The molecule has 2 aliphatic rings. The first kappa shape index (κ1) is 19.8. The second kappa shape index (κ2) is 8.79. The predicted molar refractivity (Wildman–Crippen MR) is 108 cm³/mol. The highest BCUT2D eigenvalue weighted by Gasteiger charge is 2.27. The Bertz CT molecular complexity index is 760. The van der Waals surface area contributed by atoms with Crippen LogP contribution >= 0.6 is 0 Å². The first-order valence-electron chi connectivity index (χ1n) is 9.36. The smallest absolute Gasteiger partial charge is 0.214 e. The van der Waals surface area contributed by atoms with Crippen molar-refractivity contribution in [3.63, 3.8) is 0 Å². The van der Waals surface area contributed by atoms with Gasteiger partial charge in [-0.15, -0.1) is 0 Å². The van der Waals surface area contributed by atoms with Crippen molar-refractivity contribution in [1.29, 1.82) is 0 Å². The first-order valence-corrected chi connectivity index (χ1v) is 11.0. The van der Waals surface area contributed by atoms with Crippen LogP contribution in [0.3, 0.4) is 0 Å². The summed E-state index contributed by atoms with van der Waals surface area (Å²) >= 11 is 0. The molecule has 0 radical (unpaired) electrons. The summed E-state index contributed by atoms with van der Waals surface area (Å²) < 4.78 is 30.6. The molecule has 2 heterocycles. The average Bonchev–Trinajstić information content (AvgIpc) is 3.03. The molecule has 0 spiro atoms. The predicted octanol–water partition coefficient (Wildman–Crippen LogP) is 0.428. The van der Waals surface area contributed by atoms with Crippen molar-refractivity contribution >= 4 is 21.7 Å². The lowest BCUT2D eigenvalue weighted by atomic mass is 10.2. The van der Waals surface area contributed by atoms with Crippen molar-refractivity contribution in [3.8, 4) is 5.75 Å². The van der Waals surface area contributed by atoms with E-state index in [1.165, 1.54) is 0 Å². The summed E-state index contributed by atoms with van der Waals surface area (Å²) in [6.45, 7) is 5.20. The number of benzene rings is 1. The fourth-order valence-corrected chi connectivity index (χ4v) is 5.08. The van der Waals surface area contributed by atoms with E-state index in [0.717, 1.165) is 50.0 Å². The van der Waals surface area contributed by atoms with Gasteiger partial charge in [-0.2, -0.15) is 0 Å². The molecule has 2 aliphatic heterocycles. The number of guanidine groups is 1. The van der Waals surface area contributed by atoms with Crippen LogP contribution in [0.5, 0.6) is 5.75 Å².